The van der Waals surface area contributed by atoms with E-state index in [-0.39, 0.29) is 0 Å². The lowest BCUT2D eigenvalue weighted by atomic mass is 10.1. The minimum atomic E-state index is 0.806. The fraction of sp³-hybridized carbons (Fsp3) is 0.269. The summed E-state index contributed by atoms with van der Waals surface area (Å²) in [6, 6.07) is 10.3. The van der Waals surface area contributed by atoms with Crippen LogP contribution in [-0.4, -0.2) is 34.6 Å². The summed E-state index contributed by atoms with van der Waals surface area (Å²) in [5, 5.41) is 4.34. The van der Waals surface area contributed by atoms with Gasteiger partial charge in [0.05, 0.1) is 20.6 Å². The Morgan fingerprint density at radius 2 is 1.94 bits per heavy atom. The van der Waals surface area contributed by atoms with Gasteiger partial charge < -0.3 is 19.5 Å². The average molecular weight is 445 g/mol. The first-order valence-corrected chi connectivity index (χ1v) is 11.8. The predicted octanol–water partition coefficient (Wildman–Crippen LogP) is 6.15. The highest BCUT2D eigenvalue weighted by atomic mass is 32.1. The van der Waals surface area contributed by atoms with Crippen molar-refractivity contribution in [3.05, 3.63) is 65.8 Å². The summed E-state index contributed by atoms with van der Waals surface area (Å²) in [7, 11) is 3.98. The van der Waals surface area contributed by atoms with E-state index in [0.717, 1.165) is 67.5 Å². The Labute approximate surface area is 192 Å². The molecule has 4 heterocycles. The first-order valence-electron chi connectivity index (χ1n) is 10.9. The number of pyridine rings is 1. The monoisotopic (exact) mass is 444 g/mol. The normalized spacial score (nSPS) is 13.8. The quantitative estimate of drug-likeness (QED) is 0.388. The summed E-state index contributed by atoms with van der Waals surface area (Å²) < 4.78 is 9.62. The van der Waals surface area contributed by atoms with Crippen LogP contribution < -0.4 is 10.1 Å². The van der Waals surface area contributed by atoms with Gasteiger partial charge in [0.25, 0.3) is 0 Å². The summed E-state index contributed by atoms with van der Waals surface area (Å²) in [5.74, 6) is 1.63. The zero-order chi connectivity index (χ0) is 22.4. The zero-order valence-corrected chi connectivity index (χ0v) is 19.7. The van der Waals surface area contributed by atoms with Crippen molar-refractivity contribution < 1.29 is 4.74 Å². The van der Waals surface area contributed by atoms with Crippen molar-refractivity contribution in [2.24, 2.45) is 7.05 Å². The average Bonchev–Trinajstić information content (AvgIpc) is 3.53. The van der Waals surface area contributed by atoms with Crippen molar-refractivity contribution >= 4 is 43.9 Å². The second-order valence-corrected chi connectivity index (χ2v) is 9.36. The Balaban J connectivity index is 1.51. The molecule has 5 rings (SSSR count). The summed E-state index contributed by atoms with van der Waals surface area (Å²) in [4.78, 5) is 8.10. The van der Waals surface area contributed by atoms with E-state index >= 15 is 0 Å². The first-order chi connectivity index (χ1) is 15.5. The molecule has 1 saturated heterocycles. The Morgan fingerprint density at radius 1 is 1.16 bits per heavy atom. The molecule has 164 valence electrons. The highest BCUT2D eigenvalue weighted by Crippen LogP contribution is 2.39. The van der Waals surface area contributed by atoms with Crippen LogP contribution in [-0.2, 0) is 7.05 Å². The van der Waals surface area contributed by atoms with Crippen LogP contribution in [0.1, 0.15) is 29.0 Å². The van der Waals surface area contributed by atoms with Gasteiger partial charge in [0.2, 0.25) is 0 Å². The molecular formula is C26H28N4OS. The van der Waals surface area contributed by atoms with Crippen LogP contribution in [0.15, 0.2) is 49.7 Å². The number of benzene rings is 1. The summed E-state index contributed by atoms with van der Waals surface area (Å²) in [6.45, 7) is 12.8. The number of aromatic nitrogens is 2. The molecule has 0 saturated carbocycles. The summed E-state index contributed by atoms with van der Waals surface area (Å²) in [6.07, 6.45) is 4.29. The Bertz CT molecular complexity index is 1360. The number of aryl methyl sites for hydroxylation is 1. The van der Waals surface area contributed by atoms with Gasteiger partial charge in [0, 0.05) is 73.6 Å². The van der Waals surface area contributed by atoms with Crippen LogP contribution in [0.4, 0.5) is 0 Å². The number of fused-ring (bicyclic) bond motifs is 2. The van der Waals surface area contributed by atoms with Crippen LogP contribution >= 0.6 is 11.3 Å². The molecule has 32 heavy (non-hydrogen) atoms. The molecule has 0 atom stereocenters. The Morgan fingerprint density at radius 3 is 2.69 bits per heavy atom. The number of thiophene rings is 1. The van der Waals surface area contributed by atoms with Gasteiger partial charge in [-0.25, -0.2) is 0 Å². The Hall–Kier alpha value is -3.25. The second kappa shape index (κ2) is 8.02. The molecule has 0 spiro atoms. The minimum Gasteiger partial charge on any atom is -0.456 e. The van der Waals surface area contributed by atoms with Gasteiger partial charge in [-0.15, -0.1) is 11.3 Å². The van der Waals surface area contributed by atoms with Gasteiger partial charge in [-0.05, 0) is 38.0 Å². The highest BCUT2D eigenvalue weighted by molar-refractivity contribution is 7.20. The van der Waals surface area contributed by atoms with Crippen LogP contribution in [0.2, 0.25) is 0 Å². The van der Waals surface area contributed by atoms with Crippen molar-refractivity contribution in [1.29, 1.82) is 0 Å². The van der Waals surface area contributed by atoms with Gasteiger partial charge in [-0.2, -0.15) is 0 Å². The van der Waals surface area contributed by atoms with Gasteiger partial charge in [0.15, 0.2) is 0 Å². The van der Waals surface area contributed by atoms with Crippen molar-refractivity contribution in [3.63, 3.8) is 0 Å². The predicted molar refractivity (Wildman–Crippen MR) is 135 cm³/mol. The van der Waals surface area contributed by atoms with Crippen LogP contribution in [0, 0.1) is 6.92 Å². The van der Waals surface area contributed by atoms with Gasteiger partial charge in [-0.1, -0.05) is 13.2 Å². The van der Waals surface area contributed by atoms with Crippen molar-refractivity contribution in [3.8, 4) is 11.5 Å². The van der Waals surface area contributed by atoms with Crippen molar-refractivity contribution in [2.75, 3.05) is 20.1 Å². The molecule has 3 aromatic heterocycles. The first kappa shape index (κ1) is 20.6. The SMILES string of the molecule is C=C(NC)c1c(C)n(C)c2cc(Oc3ccnc4cc(C(=C)N5CCCC5)sc34)ccc12. The molecule has 0 radical (unpaired) electrons. The third-order valence-corrected chi connectivity index (χ3v) is 7.63. The zero-order valence-electron chi connectivity index (χ0n) is 18.9. The van der Waals surface area contributed by atoms with Gasteiger partial charge in [0.1, 0.15) is 11.5 Å². The maximum atomic E-state index is 6.38. The molecule has 5 nitrogen and oxygen atoms in total. The molecule has 0 amide bonds. The molecular weight excluding hydrogens is 416 g/mol. The van der Waals surface area contributed by atoms with E-state index < -0.39 is 0 Å². The number of hydrogen-bond acceptors (Lipinski definition) is 5. The van der Waals surface area contributed by atoms with E-state index in [0.29, 0.717) is 0 Å². The largest absolute Gasteiger partial charge is 0.456 e. The van der Waals surface area contributed by atoms with E-state index in [4.69, 9.17) is 4.74 Å². The van der Waals surface area contributed by atoms with Crippen LogP contribution in [0.5, 0.6) is 11.5 Å². The molecule has 6 heteroatoms. The van der Waals surface area contributed by atoms with Crippen molar-refractivity contribution in [2.45, 2.75) is 19.8 Å². The standard InChI is InChI=1S/C26H28N4OS/c1-16(27-4)25-18(3)29(5)22-14-19(8-9-20(22)25)31-23-10-11-28-21-15-24(32-26(21)23)17(2)30-12-6-7-13-30/h8-11,14-15,27H,1-2,6-7,12-13H2,3-5H3. The molecule has 1 aliphatic rings. The molecule has 1 N–H and O–H groups in total. The minimum absolute atomic E-state index is 0.806. The number of rotatable bonds is 6. The molecule has 0 aliphatic carbocycles. The summed E-state index contributed by atoms with van der Waals surface area (Å²) in [5.41, 5.74) is 6.39. The van der Waals surface area contributed by atoms with E-state index in [2.05, 4.69) is 65.1 Å². The van der Waals surface area contributed by atoms with Gasteiger partial charge in [-0.3, -0.25) is 4.98 Å². The molecule has 1 fully saturated rings. The van der Waals surface area contributed by atoms with E-state index in [1.165, 1.54) is 18.5 Å². The van der Waals surface area contributed by atoms with Crippen molar-refractivity contribution in [1.82, 2.24) is 19.8 Å². The fourth-order valence-electron chi connectivity index (χ4n) is 4.52. The number of nitrogens with one attached hydrogen (secondary N) is 1. The smallest absolute Gasteiger partial charge is 0.148 e. The highest BCUT2D eigenvalue weighted by Gasteiger charge is 2.19. The maximum absolute atomic E-state index is 6.38. The molecule has 0 bridgehead atoms. The molecule has 0 unspecified atom stereocenters. The number of nitrogens with zero attached hydrogens (tertiary/aromatic N) is 3. The second-order valence-electron chi connectivity index (χ2n) is 8.30. The van der Waals surface area contributed by atoms with Crippen LogP contribution in [0.3, 0.4) is 0 Å². The third-order valence-electron chi connectivity index (χ3n) is 6.44. The lowest BCUT2D eigenvalue weighted by molar-refractivity contribution is 0.489. The molecule has 1 aromatic carbocycles. The summed E-state index contributed by atoms with van der Waals surface area (Å²) >= 11 is 1.70. The van der Waals surface area contributed by atoms with E-state index in [1.807, 2.05) is 25.4 Å². The molecule has 4 aromatic rings. The lowest BCUT2D eigenvalue weighted by Gasteiger charge is -2.18. The maximum Gasteiger partial charge on any atom is 0.148 e. The van der Waals surface area contributed by atoms with Crippen LogP contribution in [0.25, 0.3) is 32.5 Å². The fourth-order valence-corrected chi connectivity index (χ4v) is 5.58. The molecule has 1 aliphatic heterocycles. The van der Waals surface area contributed by atoms with Gasteiger partial charge >= 0.3 is 0 Å². The lowest BCUT2D eigenvalue weighted by Crippen LogP contribution is -2.15. The number of hydrogen-bond donors (Lipinski definition) is 1. The topological polar surface area (TPSA) is 42.3 Å². The van der Waals surface area contributed by atoms with E-state index in [1.54, 1.807) is 11.3 Å². The third kappa shape index (κ3) is 3.35. The van der Waals surface area contributed by atoms with E-state index in [9.17, 15) is 0 Å². The number of likely N-dealkylation sites (tertiary alicyclic amines) is 1. The number of ether oxygens (including phenoxy) is 1. The Kier molecular flexibility index (Phi) is 5.18.